The third-order valence-corrected chi connectivity index (χ3v) is 8.91. The number of sulfone groups is 1. The van der Waals surface area contributed by atoms with E-state index in [1.807, 2.05) is 20.8 Å². The number of carbonyl (C=O) groups is 2. The number of carbonyl (C=O) groups excluding carboxylic acids is 2. The molecule has 6 nitrogen and oxygen atoms in total. The summed E-state index contributed by atoms with van der Waals surface area (Å²) in [6.45, 7) is 6.37. The van der Waals surface area contributed by atoms with Crippen LogP contribution in [0.2, 0.25) is 10.0 Å². The molecule has 0 unspecified atom stereocenters. The van der Waals surface area contributed by atoms with Gasteiger partial charge in [0.25, 0.3) is 5.91 Å². The monoisotopic (exact) mass is 502 g/mol. The molecule has 1 N–H and O–H groups in total. The molecular weight excluding hydrogens is 479 g/mol. The summed E-state index contributed by atoms with van der Waals surface area (Å²) in [4.78, 5) is 28.4. The number of benzene rings is 1. The predicted octanol–water partition coefficient (Wildman–Crippen LogP) is 4.40. The minimum atomic E-state index is -3.11. The van der Waals surface area contributed by atoms with Crippen LogP contribution in [0.1, 0.15) is 41.6 Å². The van der Waals surface area contributed by atoms with E-state index in [0.29, 0.717) is 26.2 Å². The maximum absolute atomic E-state index is 13.2. The van der Waals surface area contributed by atoms with Crippen molar-refractivity contribution < 1.29 is 18.0 Å². The topological polar surface area (TPSA) is 83.6 Å². The molecule has 1 saturated heterocycles. The molecule has 3 rings (SSSR count). The maximum atomic E-state index is 13.2. The Labute approximate surface area is 196 Å². The molecule has 0 saturated carbocycles. The van der Waals surface area contributed by atoms with Crippen LogP contribution in [0.15, 0.2) is 24.3 Å². The summed E-state index contributed by atoms with van der Waals surface area (Å²) in [5.74, 6) is -0.701. The molecule has 2 amide bonds. The van der Waals surface area contributed by atoms with Gasteiger partial charge in [0, 0.05) is 18.0 Å². The van der Waals surface area contributed by atoms with Crippen molar-refractivity contribution in [2.75, 3.05) is 29.9 Å². The number of nitrogens with one attached hydrogen (secondary N) is 1. The van der Waals surface area contributed by atoms with Crippen molar-refractivity contribution in [2.45, 2.75) is 32.6 Å². The van der Waals surface area contributed by atoms with E-state index in [9.17, 15) is 18.0 Å². The number of nitrogens with zero attached hydrogens (tertiary/aromatic N) is 1. The Hall–Kier alpha value is -1.61. The zero-order chi connectivity index (χ0) is 23.0. The summed E-state index contributed by atoms with van der Waals surface area (Å²) in [5, 5.41) is 3.99. The van der Waals surface area contributed by atoms with Gasteiger partial charge in [-0.2, -0.15) is 0 Å². The van der Waals surface area contributed by atoms with E-state index in [2.05, 4.69) is 5.32 Å². The van der Waals surface area contributed by atoms with Gasteiger partial charge >= 0.3 is 0 Å². The maximum Gasteiger partial charge on any atom is 0.256 e. The van der Waals surface area contributed by atoms with E-state index in [1.165, 1.54) is 16.2 Å². The second-order valence-corrected chi connectivity index (χ2v) is 12.6. The summed E-state index contributed by atoms with van der Waals surface area (Å²) >= 11 is 13.6. The zero-order valence-electron chi connectivity index (χ0n) is 17.5. The number of amides is 2. The molecule has 1 aliphatic heterocycles. The Morgan fingerprint density at radius 1 is 1.16 bits per heavy atom. The third kappa shape index (κ3) is 5.80. The minimum absolute atomic E-state index is 0.0116. The predicted molar refractivity (Wildman–Crippen MR) is 126 cm³/mol. The quantitative estimate of drug-likeness (QED) is 0.671. The first-order chi connectivity index (χ1) is 14.4. The first kappa shape index (κ1) is 24.0. The van der Waals surface area contributed by atoms with Crippen LogP contribution >= 0.6 is 34.5 Å². The Kier molecular flexibility index (Phi) is 7.05. The van der Waals surface area contributed by atoms with Gasteiger partial charge < -0.3 is 10.2 Å². The van der Waals surface area contributed by atoms with Gasteiger partial charge in [0.1, 0.15) is 5.00 Å². The van der Waals surface area contributed by atoms with Gasteiger partial charge in [-0.3, -0.25) is 9.59 Å². The lowest BCUT2D eigenvalue weighted by molar-refractivity contribution is -0.115. The Morgan fingerprint density at radius 3 is 2.42 bits per heavy atom. The van der Waals surface area contributed by atoms with Crippen molar-refractivity contribution in [1.29, 1.82) is 0 Å². The molecule has 0 bridgehead atoms. The molecule has 0 atom stereocenters. The molecule has 1 aliphatic rings. The molecular formula is C21H24Cl2N2O4S2. The summed E-state index contributed by atoms with van der Waals surface area (Å²) in [6, 6.07) is 6.88. The van der Waals surface area contributed by atoms with Crippen LogP contribution in [0.5, 0.6) is 0 Å². The fourth-order valence-electron chi connectivity index (χ4n) is 3.13. The number of anilines is 1. The standard InChI is InChI=1S/C21H24Cl2N2O4S2/c1-21(2,3)16-12-14(20(27)25-7-9-31(28,29)10-8-25)19(30-16)24-17(26)11-13-5-4-6-15(22)18(13)23/h4-6,12H,7-11H2,1-3H3,(H,24,26). The fraction of sp³-hybridized carbons (Fsp3) is 0.429. The highest BCUT2D eigenvalue weighted by Crippen LogP contribution is 2.37. The molecule has 168 valence electrons. The van der Waals surface area contributed by atoms with Crippen LogP contribution in [0.4, 0.5) is 5.00 Å². The summed E-state index contributed by atoms with van der Waals surface area (Å²) in [5.41, 5.74) is 0.748. The van der Waals surface area contributed by atoms with Gasteiger partial charge in [-0.25, -0.2) is 8.42 Å². The van der Waals surface area contributed by atoms with Crippen LogP contribution in [0.25, 0.3) is 0 Å². The van der Waals surface area contributed by atoms with Gasteiger partial charge in [-0.1, -0.05) is 56.1 Å². The lowest BCUT2D eigenvalue weighted by atomic mass is 9.94. The van der Waals surface area contributed by atoms with Crippen molar-refractivity contribution in [2.24, 2.45) is 0 Å². The number of halogens is 2. The van der Waals surface area contributed by atoms with Gasteiger partial charge in [0.2, 0.25) is 5.91 Å². The number of rotatable bonds is 4. The van der Waals surface area contributed by atoms with E-state index in [0.717, 1.165) is 4.88 Å². The highest BCUT2D eigenvalue weighted by Gasteiger charge is 2.30. The lowest BCUT2D eigenvalue weighted by Gasteiger charge is -2.26. The highest BCUT2D eigenvalue weighted by molar-refractivity contribution is 7.91. The molecule has 1 fully saturated rings. The van der Waals surface area contributed by atoms with Gasteiger partial charge in [0.15, 0.2) is 9.84 Å². The normalized spacial score (nSPS) is 16.2. The van der Waals surface area contributed by atoms with Gasteiger partial charge in [0.05, 0.1) is 33.5 Å². The Balaban J connectivity index is 1.85. The molecule has 2 aromatic rings. The first-order valence-corrected chi connectivity index (χ1v) is 13.1. The minimum Gasteiger partial charge on any atom is -0.337 e. The first-order valence-electron chi connectivity index (χ1n) is 9.74. The highest BCUT2D eigenvalue weighted by atomic mass is 35.5. The molecule has 2 heterocycles. The number of thiophene rings is 1. The number of hydrogen-bond donors (Lipinski definition) is 1. The summed E-state index contributed by atoms with van der Waals surface area (Å²) < 4.78 is 23.4. The molecule has 0 aliphatic carbocycles. The largest absolute Gasteiger partial charge is 0.337 e. The van der Waals surface area contributed by atoms with Crippen LogP contribution in [-0.4, -0.2) is 49.7 Å². The molecule has 0 radical (unpaired) electrons. The van der Waals surface area contributed by atoms with Crippen LogP contribution < -0.4 is 5.32 Å². The average Bonchev–Trinajstić information content (AvgIpc) is 3.09. The SMILES string of the molecule is CC(C)(C)c1cc(C(=O)N2CCS(=O)(=O)CC2)c(NC(=O)Cc2cccc(Cl)c2Cl)s1. The van der Waals surface area contributed by atoms with E-state index in [4.69, 9.17) is 23.2 Å². The fourth-order valence-corrected chi connectivity index (χ4v) is 5.84. The molecule has 10 heteroatoms. The van der Waals surface area contributed by atoms with E-state index >= 15 is 0 Å². The molecule has 1 aromatic carbocycles. The van der Waals surface area contributed by atoms with Crippen LogP contribution in [-0.2, 0) is 26.5 Å². The van der Waals surface area contributed by atoms with Crippen LogP contribution in [0.3, 0.4) is 0 Å². The van der Waals surface area contributed by atoms with Crippen molar-refractivity contribution in [3.05, 3.63) is 50.3 Å². The van der Waals surface area contributed by atoms with Crippen molar-refractivity contribution in [3.63, 3.8) is 0 Å². The Morgan fingerprint density at radius 2 is 1.81 bits per heavy atom. The van der Waals surface area contributed by atoms with Gasteiger partial charge in [-0.05, 0) is 23.1 Å². The Bertz CT molecular complexity index is 1110. The second-order valence-electron chi connectivity index (χ2n) is 8.49. The van der Waals surface area contributed by atoms with E-state index < -0.39 is 9.84 Å². The summed E-state index contributed by atoms with van der Waals surface area (Å²) in [6.07, 6.45) is 0.0116. The molecule has 0 spiro atoms. The number of hydrogen-bond acceptors (Lipinski definition) is 5. The molecule has 1 aromatic heterocycles. The summed E-state index contributed by atoms with van der Waals surface area (Å²) in [7, 11) is -3.11. The zero-order valence-corrected chi connectivity index (χ0v) is 20.6. The lowest BCUT2D eigenvalue weighted by Crippen LogP contribution is -2.43. The van der Waals surface area contributed by atoms with Crippen LogP contribution in [0, 0.1) is 0 Å². The smallest absolute Gasteiger partial charge is 0.256 e. The van der Waals surface area contributed by atoms with Crippen molar-refractivity contribution in [3.8, 4) is 0 Å². The molecule has 31 heavy (non-hydrogen) atoms. The average molecular weight is 503 g/mol. The van der Waals surface area contributed by atoms with E-state index in [1.54, 1.807) is 24.3 Å². The van der Waals surface area contributed by atoms with Crippen molar-refractivity contribution in [1.82, 2.24) is 4.90 Å². The van der Waals surface area contributed by atoms with E-state index in [-0.39, 0.29) is 48.2 Å². The van der Waals surface area contributed by atoms with Crippen molar-refractivity contribution >= 4 is 61.2 Å². The third-order valence-electron chi connectivity index (χ3n) is 4.97. The second kappa shape index (κ2) is 9.10. The van der Waals surface area contributed by atoms with Gasteiger partial charge in [-0.15, -0.1) is 11.3 Å².